The largest absolute Gasteiger partial charge is 0.394 e. The van der Waals surface area contributed by atoms with Crippen molar-refractivity contribution in [3.8, 4) is 0 Å². The maximum atomic E-state index is 13.5. The molecule has 0 saturated carbocycles. The summed E-state index contributed by atoms with van der Waals surface area (Å²) in [5, 5.41) is 8.55. The highest BCUT2D eigenvalue weighted by atomic mass is 19.1. The maximum Gasteiger partial charge on any atom is 0.128 e. The second kappa shape index (κ2) is 11.0. The second-order valence-electron chi connectivity index (χ2n) is 3.33. The predicted molar refractivity (Wildman–Crippen MR) is 71.8 cm³/mol. The number of aliphatic hydroxyl groups excluding tert-OH is 1. The molecule has 0 aliphatic heterocycles. The minimum Gasteiger partial charge on any atom is -0.394 e. The molecule has 0 aromatic heterocycles. The lowest BCUT2D eigenvalue weighted by Crippen LogP contribution is -2.09. The number of hydrogen-bond donors (Lipinski definition) is 3. The zero-order valence-corrected chi connectivity index (χ0v) is 11.1. The summed E-state index contributed by atoms with van der Waals surface area (Å²) in [5.41, 5.74) is 9.16. The monoisotopic (exact) mass is 258 g/mol. The highest BCUT2D eigenvalue weighted by Gasteiger charge is 2.07. The highest BCUT2D eigenvalue weighted by Crippen LogP contribution is 2.20. The summed E-state index contributed by atoms with van der Waals surface area (Å²) in [7, 11) is 0. The molecule has 0 amide bonds. The van der Waals surface area contributed by atoms with Crippen LogP contribution in [-0.4, -0.2) is 24.9 Å². The number of rotatable bonds is 7. The van der Waals surface area contributed by atoms with Crippen molar-refractivity contribution in [1.82, 2.24) is 0 Å². The quantitative estimate of drug-likeness (QED) is 0.517. The van der Waals surface area contributed by atoms with Crippen molar-refractivity contribution in [3.63, 3.8) is 0 Å². The summed E-state index contributed by atoms with van der Waals surface area (Å²) in [6.45, 7) is 4.60. The Bertz CT molecular complexity index is 322. The average molecular weight is 258 g/mol. The molecule has 1 aromatic carbocycles. The standard InChI is InChI=1S/C11H17FN2O2.C2H6/c12-10-4-1-5-11(14-16-8-7-15)9(10)3-2-6-13;1-2/h1,4-5,14-15H,2-3,6-8,13H2;1-2H3. The normalized spacial score (nSPS) is 9.61. The van der Waals surface area contributed by atoms with E-state index in [0.29, 0.717) is 24.2 Å². The number of hydrogen-bond acceptors (Lipinski definition) is 4. The number of aliphatic hydroxyl groups is 1. The van der Waals surface area contributed by atoms with Crippen LogP contribution in [0.2, 0.25) is 0 Å². The van der Waals surface area contributed by atoms with Crippen LogP contribution >= 0.6 is 0 Å². The van der Waals surface area contributed by atoms with Crippen LogP contribution in [0.3, 0.4) is 0 Å². The van der Waals surface area contributed by atoms with Crippen molar-refractivity contribution in [2.75, 3.05) is 25.2 Å². The van der Waals surface area contributed by atoms with E-state index < -0.39 is 0 Å². The minimum atomic E-state index is -0.272. The van der Waals surface area contributed by atoms with Crippen molar-refractivity contribution >= 4 is 5.69 Å². The predicted octanol–water partition coefficient (Wildman–Crippen LogP) is 2.08. The van der Waals surface area contributed by atoms with E-state index >= 15 is 0 Å². The van der Waals surface area contributed by atoms with Gasteiger partial charge in [0.25, 0.3) is 0 Å². The Hall–Kier alpha value is -1.17. The topological polar surface area (TPSA) is 67.5 Å². The van der Waals surface area contributed by atoms with Crippen molar-refractivity contribution in [2.45, 2.75) is 26.7 Å². The molecule has 0 saturated heterocycles. The summed E-state index contributed by atoms with van der Waals surface area (Å²) >= 11 is 0. The molecular formula is C13H23FN2O2. The van der Waals surface area contributed by atoms with E-state index in [4.69, 9.17) is 15.7 Å². The molecule has 5 heteroatoms. The molecule has 0 radical (unpaired) electrons. The fourth-order valence-electron chi connectivity index (χ4n) is 1.36. The zero-order chi connectivity index (χ0) is 13.8. The van der Waals surface area contributed by atoms with Gasteiger partial charge < -0.3 is 10.8 Å². The number of nitrogens with two attached hydrogens (primary N) is 1. The highest BCUT2D eigenvalue weighted by molar-refractivity contribution is 5.50. The fourth-order valence-corrected chi connectivity index (χ4v) is 1.36. The molecule has 0 aliphatic rings. The second-order valence-corrected chi connectivity index (χ2v) is 3.33. The van der Waals surface area contributed by atoms with Crippen molar-refractivity contribution in [1.29, 1.82) is 0 Å². The third kappa shape index (κ3) is 5.95. The third-order valence-corrected chi connectivity index (χ3v) is 2.13. The third-order valence-electron chi connectivity index (χ3n) is 2.13. The molecular weight excluding hydrogens is 235 g/mol. The number of halogens is 1. The Morgan fingerprint density at radius 3 is 2.72 bits per heavy atom. The van der Waals surface area contributed by atoms with Gasteiger partial charge in [-0.25, -0.2) is 4.39 Å². The van der Waals surface area contributed by atoms with Gasteiger partial charge >= 0.3 is 0 Å². The van der Waals surface area contributed by atoms with Crippen LogP contribution in [0.1, 0.15) is 25.8 Å². The molecule has 1 rings (SSSR count). The lowest BCUT2D eigenvalue weighted by atomic mass is 10.1. The van der Waals surface area contributed by atoms with Crippen LogP contribution in [0.5, 0.6) is 0 Å². The van der Waals surface area contributed by atoms with Gasteiger partial charge in [0.05, 0.1) is 18.9 Å². The molecule has 0 atom stereocenters. The molecule has 0 aliphatic carbocycles. The van der Waals surface area contributed by atoms with Crippen LogP contribution in [0.15, 0.2) is 18.2 Å². The van der Waals surface area contributed by atoms with Crippen molar-refractivity contribution < 1.29 is 14.3 Å². The Kier molecular flexibility index (Phi) is 10.2. The Morgan fingerprint density at radius 2 is 2.11 bits per heavy atom. The molecule has 0 heterocycles. The lowest BCUT2D eigenvalue weighted by molar-refractivity contribution is 0.133. The van der Waals surface area contributed by atoms with Gasteiger partial charge in [0.2, 0.25) is 0 Å². The van der Waals surface area contributed by atoms with E-state index in [1.54, 1.807) is 12.1 Å². The average Bonchev–Trinajstić information content (AvgIpc) is 2.41. The van der Waals surface area contributed by atoms with Gasteiger partial charge in [-0.1, -0.05) is 19.9 Å². The molecule has 0 unspecified atom stereocenters. The first-order valence-electron chi connectivity index (χ1n) is 6.25. The zero-order valence-electron chi connectivity index (χ0n) is 11.1. The first-order valence-corrected chi connectivity index (χ1v) is 6.25. The molecule has 104 valence electrons. The van der Waals surface area contributed by atoms with Crippen LogP contribution in [-0.2, 0) is 11.3 Å². The SMILES string of the molecule is CC.NCCCc1c(F)cccc1NOCCO. The van der Waals surface area contributed by atoms with Crippen LogP contribution in [0.25, 0.3) is 0 Å². The van der Waals surface area contributed by atoms with Gasteiger partial charge in [0, 0.05) is 5.56 Å². The van der Waals surface area contributed by atoms with Crippen LogP contribution in [0, 0.1) is 5.82 Å². The van der Waals surface area contributed by atoms with E-state index in [0.717, 1.165) is 6.42 Å². The van der Waals surface area contributed by atoms with Gasteiger partial charge in [-0.3, -0.25) is 10.3 Å². The van der Waals surface area contributed by atoms with Gasteiger partial charge in [-0.15, -0.1) is 0 Å². The minimum absolute atomic E-state index is 0.0829. The van der Waals surface area contributed by atoms with E-state index in [1.807, 2.05) is 13.8 Å². The van der Waals surface area contributed by atoms with E-state index in [2.05, 4.69) is 5.48 Å². The van der Waals surface area contributed by atoms with E-state index in [1.165, 1.54) is 6.07 Å². The Labute approximate surface area is 108 Å². The van der Waals surface area contributed by atoms with Crippen LogP contribution < -0.4 is 11.2 Å². The lowest BCUT2D eigenvalue weighted by Gasteiger charge is -2.12. The van der Waals surface area contributed by atoms with Gasteiger partial charge in [-0.05, 0) is 31.5 Å². The number of benzene rings is 1. The van der Waals surface area contributed by atoms with Crippen molar-refractivity contribution in [3.05, 3.63) is 29.6 Å². The van der Waals surface area contributed by atoms with Gasteiger partial charge in [0.15, 0.2) is 0 Å². The summed E-state index contributed by atoms with van der Waals surface area (Å²) in [4.78, 5) is 4.95. The fraction of sp³-hybridized carbons (Fsp3) is 0.538. The smallest absolute Gasteiger partial charge is 0.128 e. The maximum absolute atomic E-state index is 13.5. The summed E-state index contributed by atoms with van der Waals surface area (Å²) in [5.74, 6) is -0.272. The van der Waals surface area contributed by atoms with E-state index in [9.17, 15) is 4.39 Å². The molecule has 4 N–H and O–H groups in total. The van der Waals surface area contributed by atoms with Crippen LogP contribution in [0.4, 0.5) is 10.1 Å². The molecule has 0 fully saturated rings. The molecule has 0 spiro atoms. The van der Waals surface area contributed by atoms with Gasteiger partial charge in [0.1, 0.15) is 5.82 Å². The summed E-state index contributed by atoms with van der Waals surface area (Å²) in [6.07, 6.45) is 1.28. The molecule has 18 heavy (non-hydrogen) atoms. The number of nitrogens with one attached hydrogen (secondary N) is 1. The Balaban J connectivity index is 0.00000137. The number of anilines is 1. The first kappa shape index (κ1) is 16.8. The van der Waals surface area contributed by atoms with Gasteiger partial charge in [-0.2, -0.15) is 0 Å². The Morgan fingerprint density at radius 1 is 1.39 bits per heavy atom. The van der Waals surface area contributed by atoms with Crippen molar-refractivity contribution in [2.24, 2.45) is 5.73 Å². The molecule has 1 aromatic rings. The van der Waals surface area contributed by atoms with E-state index in [-0.39, 0.29) is 19.0 Å². The molecule has 4 nitrogen and oxygen atoms in total. The first-order chi connectivity index (χ1) is 8.79. The summed E-state index contributed by atoms with van der Waals surface area (Å²) in [6, 6.07) is 4.74. The molecule has 0 bridgehead atoms. The summed E-state index contributed by atoms with van der Waals surface area (Å²) < 4.78 is 13.5.